The molecule has 1 heterocycles. The number of likely N-dealkylation sites (tertiary alicyclic amines) is 1. The second-order valence-corrected chi connectivity index (χ2v) is 5.49. The molecule has 1 aliphatic heterocycles. The van der Waals surface area contributed by atoms with Gasteiger partial charge >= 0.3 is 0 Å². The Hall–Kier alpha value is -0.0800. The van der Waals surface area contributed by atoms with Gasteiger partial charge in [0.25, 0.3) is 0 Å². The minimum atomic E-state index is 0.644. The summed E-state index contributed by atoms with van der Waals surface area (Å²) in [6.45, 7) is 10.3. The van der Waals surface area contributed by atoms with Crippen molar-refractivity contribution in [3.63, 3.8) is 0 Å². The molecule has 2 unspecified atom stereocenters. The van der Waals surface area contributed by atoms with E-state index in [0.717, 1.165) is 18.4 Å². The Morgan fingerprint density at radius 1 is 1.40 bits per heavy atom. The molecule has 0 amide bonds. The number of nitrogens with zero attached hydrogens (tertiary/aromatic N) is 1. The summed E-state index contributed by atoms with van der Waals surface area (Å²) >= 11 is 0. The molecule has 2 N–H and O–H groups in total. The van der Waals surface area contributed by atoms with Crippen LogP contribution in [0.2, 0.25) is 0 Å². The highest BCUT2D eigenvalue weighted by Crippen LogP contribution is 2.23. The smallest absolute Gasteiger partial charge is 0.0243 e. The van der Waals surface area contributed by atoms with Gasteiger partial charge in [0.2, 0.25) is 0 Å². The Kier molecular flexibility index (Phi) is 5.62. The lowest BCUT2D eigenvalue weighted by Crippen LogP contribution is -2.48. The molecular formula is C13H28N2. The second kappa shape index (κ2) is 6.49. The topological polar surface area (TPSA) is 29.3 Å². The SMILES string of the molecule is CC(C)CCCN1CCCC(C)C1CN. The zero-order valence-electron chi connectivity index (χ0n) is 10.7. The maximum atomic E-state index is 5.87. The molecule has 0 radical (unpaired) electrons. The van der Waals surface area contributed by atoms with Crippen LogP contribution < -0.4 is 5.73 Å². The summed E-state index contributed by atoms with van der Waals surface area (Å²) in [5.74, 6) is 1.63. The number of hydrogen-bond acceptors (Lipinski definition) is 2. The van der Waals surface area contributed by atoms with Gasteiger partial charge in [-0.3, -0.25) is 4.90 Å². The fourth-order valence-electron chi connectivity index (χ4n) is 2.70. The number of hydrogen-bond donors (Lipinski definition) is 1. The van der Waals surface area contributed by atoms with Crippen LogP contribution >= 0.6 is 0 Å². The predicted octanol–water partition coefficient (Wildman–Crippen LogP) is 2.48. The zero-order valence-corrected chi connectivity index (χ0v) is 10.7. The van der Waals surface area contributed by atoms with E-state index >= 15 is 0 Å². The van der Waals surface area contributed by atoms with Gasteiger partial charge in [0.15, 0.2) is 0 Å². The Bertz CT molecular complexity index is 168. The van der Waals surface area contributed by atoms with E-state index in [-0.39, 0.29) is 0 Å². The molecule has 0 aliphatic carbocycles. The standard InChI is InChI=1S/C13H28N2/c1-11(2)6-4-8-15-9-5-7-12(3)13(15)10-14/h11-13H,4-10,14H2,1-3H3. The minimum absolute atomic E-state index is 0.644. The average molecular weight is 212 g/mol. The number of nitrogens with two attached hydrogens (primary N) is 1. The molecule has 1 rings (SSSR count). The highest BCUT2D eigenvalue weighted by atomic mass is 15.2. The third-order valence-electron chi connectivity index (χ3n) is 3.70. The molecule has 2 nitrogen and oxygen atoms in total. The first-order valence-electron chi connectivity index (χ1n) is 6.59. The molecule has 1 fully saturated rings. The maximum absolute atomic E-state index is 5.87. The monoisotopic (exact) mass is 212 g/mol. The summed E-state index contributed by atoms with van der Waals surface area (Å²) in [4.78, 5) is 2.62. The van der Waals surface area contributed by atoms with Crippen molar-refractivity contribution in [3.05, 3.63) is 0 Å². The van der Waals surface area contributed by atoms with E-state index in [4.69, 9.17) is 5.73 Å². The van der Waals surface area contributed by atoms with Crippen molar-refractivity contribution in [3.8, 4) is 0 Å². The van der Waals surface area contributed by atoms with Gasteiger partial charge in [0.1, 0.15) is 0 Å². The second-order valence-electron chi connectivity index (χ2n) is 5.49. The largest absolute Gasteiger partial charge is 0.329 e. The molecule has 0 aromatic heterocycles. The van der Waals surface area contributed by atoms with Crippen LogP contribution in [0.5, 0.6) is 0 Å². The van der Waals surface area contributed by atoms with Crippen LogP contribution in [0.1, 0.15) is 46.5 Å². The van der Waals surface area contributed by atoms with Crippen LogP contribution in [0.4, 0.5) is 0 Å². The Morgan fingerprint density at radius 3 is 2.73 bits per heavy atom. The van der Waals surface area contributed by atoms with Crippen molar-refractivity contribution in [1.29, 1.82) is 0 Å². The molecule has 1 saturated heterocycles. The summed E-state index contributed by atoms with van der Waals surface area (Å²) in [6.07, 6.45) is 5.41. The van der Waals surface area contributed by atoms with E-state index < -0.39 is 0 Å². The van der Waals surface area contributed by atoms with Crippen LogP contribution in [-0.4, -0.2) is 30.6 Å². The Labute approximate surface area is 95.2 Å². The van der Waals surface area contributed by atoms with Gasteiger partial charge in [-0.25, -0.2) is 0 Å². The van der Waals surface area contributed by atoms with Crippen LogP contribution in [0.15, 0.2) is 0 Å². The average Bonchev–Trinajstić information content (AvgIpc) is 2.17. The van der Waals surface area contributed by atoms with E-state index in [2.05, 4.69) is 25.7 Å². The third-order valence-corrected chi connectivity index (χ3v) is 3.70. The van der Waals surface area contributed by atoms with Crippen molar-refractivity contribution in [1.82, 2.24) is 4.90 Å². The van der Waals surface area contributed by atoms with Gasteiger partial charge in [-0.15, -0.1) is 0 Å². The van der Waals surface area contributed by atoms with Gasteiger partial charge in [0, 0.05) is 12.6 Å². The number of piperidine rings is 1. The molecule has 15 heavy (non-hydrogen) atoms. The van der Waals surface area contributed by atoms with Gasteiger partial charge in [-0.1, -0.05) is 20.8 Å². The summed E-state index contributed by atoms with van der Waals surface area (Å²) in [5.41, 5.74) is 5.87. The summed E-state index contributed by atoms with van der Waals surface area (Å²) < 4.78 is 0. The molecule has 0 aromatic rings. The normalized spacial score (nSPS) is 28.6. The Balaban J connectivity index is 2.31. The lowest BCUT2D eigenvalue weighted by atomic mass is 9.90. The van der Waals surface area contributed by atoms with Crippen molar-refractivity contribution < 1.29 is 0 Å². The molecule has 2 atom stereocenters. The highest BCUT2D eigenvalue weighted by molar-refractivity contribution is 4.82. The zero-order chi connectivity index (χ0) is 11.3. The summed E-state index contributed by atoms with van der Waals surface area (Å²) in [6, 6.07) is 0.644. The molecule has 0 spiro atoms. The third kappa shape index (κ3) is 4.12. The number of rotatable bonds is 5. The fraction of sp³-hybridized carbons (Fsp3) is 1.00. The first-order valence-corrected chi connectivity index (χ1v) is 6.59. The lowest BCUT2D eigenvalue weighted by Gasteiger charge is -2.39. The summed E-state index contributed by atoms with van der Waals surface area (Å²) in [5, 5.41) is 0. The quantitative estimate of drug-likeness (QED) is 0.758. The van der Waals surface area contributed by atoms with Gasteiger partial charge in [-0.2, -0.15) is 0 Å². The molecular weight excluding hydrogens is 184 g/mol. The van der Waals surface area contributed by atoms with Crippen LogP contribution in [0.3, 0.4) is 0 Å². The highest BCUT2D eigenvalue weighted by Gasteiger charge is 2.26. The van der Waals surface area contributed by atoms with Crippen LogP contribution in [0, 0.1) is 11.8 Å². The van der Waals surface area contributed by atoms with E-state index in [1.165, 1.54) is 38.8 Å². The van der Waals surface area contributed by atoms with Crippen molar-refractivity contribution >= 4 is 0 Å². The van der Waals surface area contributed by atoms with Crippen LogP contribution in [-0.2, 0) is 0 Å². The van der Waals surface area contributed by atoms with E-state index in [1.54, 1.807) is 0 Å². The Morgan fingerprint density at radius 2 is 2.13 bits per heavy atom. The van der Waals surface area contributed by atoms with E-state index in [1.807, 2.05) is 0 Å². The van der Waals surface area contributed by atoms with Gasteiger partial charge < -0.3 is 5.73 Å². The molecule has 0 aromatic carbocycles. The molecule has 2 heteroatoms. The van der Waals surface area contributed by atoms with Crippen LogP contribution in [0.25, 0.3) is 0 Å². The molecule has 0 bridgehead atoms. The molecule has 0 saturated carbocycles. The predicted molar refractivity (Wildman–Crippen MR) is 66.9 cm³/mol. The van der Waals surface area contributed by atoms with Gasteiger partial charge in [0.05, 0.1) is 0 Å². The first kappa shape index (κ1) is 13.0. The van der Waals surface area contributed by atoms with E-state index in [9.17, 15) is 0 Å². The van der Waals surface area contributed by atoms with Gasteiger partial charge in [-0.05, 0) is 50.6 Å². The summed E-state index contributed by atoms with van der Waals surface area (Å²) in [7, 11) is 0. The minimum Gasteiger partial charge on any atom is -0.329 e. The first-order chi connectivity index (χ1) is 7.15. The van der Waals surface area contributed by atoms with Crippen molar-refractivity contribution in [2.75, 3.05) is 19.6 Å². The molecule has 1 aliphatic rings. The fourth-order valence-corrected chi connectivity index (χ4v) is 2.70. The van der Waals surface area contributed by atoms with E-state index in [0.29, 0.717) is 6.04 Å². The van der Waals surface area contributed by atoms with Crippen molar-refractivity contribution in [2.45, 2.75) is 52.5 Å². The molecule has 90 valence electrons. The maximum Gasteiger partial charge on any atom is 0.0243 e. The van der Waals surface area contributed by atoms with Crippen molar-refractivity contribution in [2.24, 2.45) is 17.6 Å². The lowest BCUT2D eigenvalue weighted by molar-refractivity contribution is 0.103.